The van der Waals surface area contributed by atoms with Gasteiger partial charge in [-0.25, -0.2) is 0 Å². The van der Waals surface area contributed by atoms with Gasteiger partial charge in [-0.2, -0.15) is 0 Å². The van der Waals surface area contributed by atoms with Crippen molar-refractivity contribution in [2.45, 2.75) is 19.8 Å². The van der Waals surface area contributed by atoms with Crippen molar-refractivity contribution in [2.75, 3.05) is 19.7 Å². The van der Waals surface area contributed by atoms with Gasteiger partial charge >= 0.3 is 8.25 Å². The third-order valence-electron chi connectivity index (χ3n) is 1.08. The van der Waals surface area contributed by atoms with Crippen LogP contribution in [0.1, 0.15) is 19.8 Å². The molecule has 0 rings (SSSR count). The van der Waals surface area contributed by atoms with Gasteiger partial charge in [0, 0.05) is 34.7 Å². The van der Waals surface area contributed by atoms with Crippen molar-refractivity contribution in [1.82, 2.24) is 5.48 Å². The van der Waals surface area contributed by atoms with Crippen molar-refractivity contribution in [3.63, 3.8) is 0 Å². The van der Waals surface area contributed by atoms with Gasteiger partial charge in [0.2, 0.25) is 0 Å². The molecule has 0 fully saturated rings. The Balaban J connectivity index is 0. The van der Waals surface area contributed by atoms with Gasteiger partial charge < -0.3 is 5.73 Å². The predicted octanol–water partition coefficient (Wildman–Crippen LogP) is 0.938. The first-order valence-electron chi connectivity index (χ1n) is 4.01. The number of nitrogens with two attached hydrogens (primary N) is 1. The summed E-state index contributed by atoms with van der Waals surface area (Å²) in [5.41, 5.74) is 7.59. The topological polar surface area (TPSA) is 73.6 Å². The Hall–Kier alpha value is 0.459. The molecule has 0 amide bonds. The number of unbranched alkanes of at least 4 members (excludes halogenated alkanes) is 1. The number of hydrogen-bond donors (Lipinski definition) is 2. The normalized spacial score (nSPS) is 10.8. The second-order valence-corrected chi connectivity index (χ2v) is 3.07. The van der Waals surface area contributed by atoms with Crippen LogP contribution in [-0.2, 0) is 30.8 Å². The largest absolute Gasteiger partial charge is 0.716 e. The van der Waals surface area contributed by atoms with E-state index in [1.165, 1.54) is 0 Å². The molecule has 0 bridgehead atoms. The molecule has 7 heteroatoms. The zero-order valence-electron chi connectivity index (χ0n) is 7.59. The molecule has 1 radical (unpaired) electrons. The summed E-state index contributed by atoms with van der Waals surface area (Å²) in [4.78, 5) is 0. The molecule has 3 N–H and O–H groups in total. The molecule has 0 aromatic rings. The van der Waals surface area contributed by atoms with Crippen LogP contribution in [0.2, 0.25) is 0 Å². The van der Waals surface area contributed by atoms with Gasteiger partial charge in [0.25, 0.3) is 0 Å². The summed E-state index contributed by atoms with van der Waals surface area (Å²) in [5.74, 6) is 0. The van der Waals surface area contributed by atoms with Crippen molar-refractivity contribution < 1.29 is 30.8 Å². The Kier molecular flexibility index (Phi) is 15.2. The molecule has 0 spiro atoms. The molecule has 0 aromatic heterocycles. The fourth-order valence-electron chi connectivity index (χ4n) is 0.467. The minimum atomic E-state index is -2.02. The standard InChI is InChI=1S/C6H16N2O3P.Cu/c1-2-3-6-10-12(9)11-8-5-4-7;/h8H,2-7H2,1H3;/q+1;. The maximum absolute atomic E-state index is 10.8. The van der Waals surface area contributed by atoms with E-state index in [2.05, 4.69) is 10.1 Å². The zero-order chi connectivity index (χ0) is 9.23. The van der Waals surface area contributed by atoms with Gasteiger partial charge in [0.05, 0.1) is 0 Å². The maximum atomic E-state index is 10.8. The molecule has 5 nitrogen and oxygen atoms in total. The third-order valence-corrected chi connectivity index (χ3v) is 1.75. The summed E-state index contributed by atoms with van der Waals surface area (Å²) in [6.45, 7) is 3.41. The minimum absolute atomic E-state index is 0. The third kappa shape index (κ3) is 12.5. The summed E-state index contributed by atoms with van der Waals surface area (Å²) < 4.78 is 20.2. The second-order valence-electron chi connectivity index (χ2n) is 2.18. The fourth-order valence-corrected chi connectivity index (χ4v) is 0.995. The summed E-state index contributed by atoms with van der Waals surface area (Å²) in [6.07, 6.45) is 1.90. The molecule has 13 heavy (non-hydrogen) atoms. The number of hydroxylamine groups is 1. The molecule has 0 saturated carbocycles. The Morgan fingerprint density at radius 2 is 2.23 bits per heavy atom. The summed E-state index contributed by atoms with van der Waals surface area (Å²) in [5, 5.41) is 0. The van der Waals surface area contributed by atoms with Crippen LogP contribution in [0.3, 0.4) is 0 Å². The molecule has 1 unspecified atom stereocenters. The van der Waals surface area contributed by atoms with Crippen LogP contribution in [0.25, 0.3) is 0 Å². The van der Waals surface area contributed by atoms with E-state index in [4.69, 9.17) is 10.3 Å². The van der Waals surface area contributed by atoms with Gasteiger partial charge in [-0.1, -0.05) is 13.3 Å². The Morgan fingerprint density at radius 1 is 1.54 bits per heavy atom. The number of nitrogens with one attached hydrogen (secondary N) is 1. The Bertz CT molecular complexity index is 116. The van der Waals surface area contributed by atoms with Crippen LogP contribution in [-0.4, -0.2) is 19.7 Å². The Morgan fingerprint density at radius 3 is 2.77 bits per heavy atom. The van der Waals surface area contributed by atoms with Gasteiger partial charge in [-0.3, -0.25) is 0 Å². The average molecular weight is 259 g/mol. The zero-order valence-corrected chi connectivity index (χ0v) is 9.42. The van der Waals surface area contributed by atoms with Crippen LogP contribution in [0.15, 0.2) is 0 Å². The fraction of sp³-hybridized carbons (Fsp3) is 1.00. The van der Waals surface area contributed by atoms with E-state index in [9.17, 15) is 4.57 Å². The van der Waals surface area contributed by atoms with Crippen molar-refractivity contribution in [1.29, 1.82) is 0 Å². The summed E-state index contributed by atoms with van der Waals surface area (Å²) in [6, 6.07) is 0. The van der Waals surface area contributed by atoms with Gasteiger partial charge in [-0.05, 0) is 11.0 Å². The van der Waals surface area contributed by atoms with Crippen molar-refractivity contribution in [3.8, 4) is 0 Å². The van der Waals surface area contributed by atoms with Crippen molar-refractivity contribution in [3.05, 3.63) is 0 Å². The van der Waals surface area contributed by atoms with Crippen LogP contribution < -0.4 is 11.2 Å². The first kappa shape index (κ1) is 15.9. The monoisotopic (exact) mass is 258 g/mol. The molecule has 1 atom stereocenters. The average Bonchev–Trinajstić information content (AvgIpc) is 2.06. The quantitative estimate of drug-likeness (QED) is 0.293. The van der Waals surface area contributed by atoms with Gasteiger partial charge in [0.1, 0.15) is 6.61 Å². The van der Waals surface area contributed by atoms with Crippen LogP contribution >= 0.6 is 8.25 Å². The van der Waals surface area contributed by atoms with Crippen molar-refractivity contribution >= 4 is 8.25 Å². The Labute approximate surface area is 90.1 Å². The van der Waals surface area contributed by atoms with E-state index < -0.39 is 8.25 Å². The van der Waals surface area contributed by atoms with Gasteiger partial charge in [-0.15, -0.1) is 10.0 Å². The minimum Gasteiger partial charge on any atom is -0.329 e. The van der Waals surface area contributed by atoms with E-state index in [1.54, 1.807) is 0 Å². The molecule has 0 aliphatic carbocycles. The molecular weight excluding hydrogens is 243 g/mol. The molecule has 0 heterocycles. The van der Waals surface area contributed by atoms with Crippen LogP contribution in [0, 0.1) is 0 Å². The van der Waals surface area contributed by atoms with E-state index in [0.29, 0.717) is 19.7 Å². The van der Waals surface area contributed by atoms with Crippen LogP contribution in [0.5, 0.6) is 0 Å². The molecular formula is C6H16CuN2O3P+. The van der Waals surface area contributed by atoms with E-state index >= 15 is 0 Å². The second kappa shape index (κ2) is 12.5. The van der Waals surface area contributed by atoms with E-state index in [1.807, 2.05) is 6.92 Å². The molecule has 0 aromatic carbocycles. The van der Waals surface area contributed by atoms with Crippen molar-refractivity contribution in [2.24, 2.45) is 5.73 Å². The van der Waals surface area contributed by atoms with Gasteiger partial charge in [0.15, 0.2) is 0 Å². The SMILES string of the molecule is CCCCO[P+](=O)ONCCN.[Cu]. The number of hydrogen-bond acceptors (Lipinski definition) is 5. The molecule has 0 aliphatic heterocycles. The molecule has 83 valence electrons. The van der Waals surface area contributed by atoms with E-state index in [0.717, 1.165) is 12.8 Å². The number of rotatable bonds is 8. The van der Waals surface area contributed by atoms with Crippen LogP contribution in [0.4, 0.5) is 0 Å². The first-order chi connectivity index (χ1) is 5.81. The summed E-state index contributed by atoms with van der Waals surface area (Å²) >= 11 is 0. The molecule has 0 aliphatic rings. The smallest absolute Gasteiger partial charge is 0.329 e. The summed E-state index contributed by atoms with van der Waals surface area (Å²) in [7, 11) is -2.02. The molecule has 0 saturated heterocycles. The van der Waals surface area contributed by atoms with E-state index in [-0.39, 0.29) is 17.1 Å². The maximum Gasteiger partial charge on any atom is 0.716 e. The first-order valence-corrected chi connectivity index (χ1v) is 5.10. The predicted molar refractivity (Wildman–Crippen MR) is 46.6 cm³/mol.